The molecule has 4 N–H and O–H groups in total. The molecule has 0 bridgehead atoms. The number of fused-ring (bicyclic) bond motifs is 3. The molecule has 0 saturated heterocycles. The summed E-state index contributed by atoms with van der Waals surface area (Å²) in [4.78, 5) is 29.6. The van der Waals surface area contributed by atoms with E-state index in [2.05, 4.69) is 47.7 Å². The Morgan fingerprint density at radius 1 is 0.965 bits per heavy atom. The number of carboxylic acid groups (broad SMARTS) is 2. The van der Waals surface area contributed by atoms with Crippen LogP contribution >= 0.6 is 11.6 Å². The van der Waals surface area contributed by atoms with Crippen LogP contribution in [-0.4, -0.2) is 52.4 Å². The summed E-state index contributed by atoms with van der Waals surface area (Å²) in [6.45, 7) is 6.24. The summed E-state index contributed by atoms with van der Waals surface area (Å²) in [5.74, 6) is 1.09. The van der Waals surface area contributed by atoms with Gasteiger partial charge >= 0.3 is 11.9 Å². The summed E-state index contributed by atoms with van der Waals surface area (Å²) in [7, 11) is 0. The van der Waals surface area contributed by atoms with Crippen LogP contribution in [0.4, 0.5) is 5.69 Å². The highest BCUT2D eigenvalue weighted by Gasteiger charge is 2.54. The van der Waals surface area contributed by atoms with Gasteiger partial charge in [-0.3, -0.25) is 9.78 Å². The van der Waals surface area contributed by atoms with Gasteiger partial charge in [0.05, 0.1) is 13.2 Å². The summed E-state index contributed by atoms with van der Waals surface area (Å²) < 4.78 is 12.9. The molecule has 0 aliphatic heterocycles. The second-order valence-corrected chi connectivity index (χ2v) is 17.1. The third-order valence-electron chi connectivity index (χ3n) is 12.8. The number of nitrogens with zero attached hydrogens (tertiary/aromatic N) is 1. The predicted molar refractivity (Wildman–Crippen MR) is 224 cm³/mol. The minimum Gasteiger partial charge on any atom is -0.494 e. The molecule has 57 heavy (non-hydrogen) atoms. The normalized spacial score (nSPS) is 23.6. The van der Waals surface area contributed by atoms with E-state index in [1.165, 1.54) is 22.4 Å². The quantitative estimate of drug-likeness (QED) is 0.0772. The molecule has 3 aliphatic carbocycles. The van der Waals surface area contributed by atoms with Crippen LogP contribution in [0.1, 0.15) is 112 Å². The molecule has 4 aromatic rings. The lowest BCUT2D eigenvalue weighted by Crippen LogP contribution is -2.53. The second-order valence-electron chi connectivity index (χ2n) is 16.7. The van der Waals surface area contributed by atoms with E-state index in [1.54, 1.807) is 12.1 Å². The Labute approximate surface area is 341 Å². The van der Waals surface area contributed by atoms with Gasteiger partial charge in [0.15, 0.2) is 0 Å². The molecule has 4 atom stereocenters. The van der Waals surface area contributed by atoms with Gasteiger partial charge in [0.25, 0.3) is 0 Å². The number of benzene rings is 3. The van der Waals surface area contributed by atoms with Crippen LogP contribution in [0.3, 0.4) is 0 Å². The summed E-state index contributed by atoms with van der Waals surface area (Å²) in [5, 5.41) is 27.6. The van der Waals surface area contributed by atoms with E-state index < -0.39 is 23.5 Å². The minimum absolute atomic E-state index is 0.199. The minimum atomic E-state index is -1.10. The average Bonchev–Trinajstić information content (AvgIpc) is 3.48. The van der Waals surface area contributed by atoms with E-state index in [1.807, 2.05) is 54.7 Å². The number of hydrogen-bond donors (Lipinski definition) is 4. The Balaban J connectivity index is 1.04. The van der Waals surface area contributed by atoms with Crippen molar-refractivity contribution in [1.29, 1.82) is 0 Å². The van der Waals surface area contributed by atoms with Crippen LogP contribution in [0.15, 0.2) is 85.1 Å². The molecule has 7 rings (SSSR count). The van der Waals surface area contributed by atoms with Gasteiger partial charge in [-0.15, -0.1) is 0 Å². The van der Waals surface area contributed by atoms with Crippen LogP contribution in [0.2, 0.25) is 5.02 Å². The van der Waals surface area contributed by atoms with Crippen molar-refractivity contribution in [2.45, 2.75) is 107 Å². The number of ether oxygens (including phenoxy) is 2. The molecule has 1 fully saturated rings. The van der Waals surface area contributed by atoms with E-state index in [-0.39, 0.29) is 11.3 Å². The Morgan fingerprint density at radius 2 is 1.77 bits per heavy atom. The first kappa shape index (κ1) is 40.6. The maximum Gasteiger partial charge on any atom is 0.329 e. The van der Waals surface area contributed by atoms with Crippen molar-refractivity contribution in [3.63, 3.8) is 0 Å². The zero-order chi connectivity index (χ0) is 40.0. The van der Waals surface area contributed by atoms with E-state index in [9.17, 15) is 19.8 Å². The highest BCUT2D eigenvalue weighted by atomic mass is 35.5. The molecule has 3 aliphatic rings. The Kier molecular flexibility index (Phi) is 12.7. The number of aryl methyl sites for hydroxylation is 1. The Morgan fingerprint density at radius 3 is 2.53 bits per heavy atom. The van der Waals surface area contributed by atoms with Crippen LogP contribution in [0.25, 0.3) is 0 Å². The van der Waals surface area contributed by atoms with Gasteiger partial charge in [0.2, 0.25) is 0 Å². The van der Waals surface area contributed by atoms with E-state index in [4.69, 9.17) is 21.1 Å². The zero-order valence-electron chi connectivity index (χ0n) is 33.1. The van der Waals surface area contributed by atoms with Gasteiger partial charge in [-0.25, -0.2) is 4.79 Å². The summed E-state index contributed by atoms with van der Waals surface area (Å²) in [6.07, 6.45) is 11.1. The number of aliphatic carboxylic acids is 2. The number of carboxylic acids is 2. The fourth-order valence-electron chi connectivity index (χ4n) is 9.82. The number of unbranched alkanes of at least 4 members (excludes halogenated alkanes) is 1. The summed E-state index contributed by atoms with van der Waals surface area (Å²) >= 11 is 6.30. The van der Waals surface area contributed by atoms with Crippen molar-refractivity contribution in [1.82, 2.24) is 10.3 Å². The number of halogens is 1. The van der Waals surface area contributed by atoms with E-state index in [0.29, 0.717) is 55.1 Å². The molecule has 10 heteroatoms. The van der Waals surface area contributed by atoms with E-state index >= 15 is 0 Å². The number of pyridine rings is 1. The lowest BCUT2D eigenvalue weighted by molar-refractivity contribution is -0.144. The fraction of sp³-hybridized carbons (Fsp3) is 0.468. The molecular weight excluding hydrogens is 738 g/mol. The molecule has 1 saturated carbocycles. The number of nitrogens with one attached hydrogen (secondary N) is 2. The SMILES string of the molecule is C[C@@H](COc1ccnc2c1[C@H](C)CCC2)C[C@H]1Cc2ccc(OCCCCN[C@@H](C(=O)O)c3ccccc3)cc2C12CCC(Nc1cccc(Cl)c1)(C(=O)O)CC2. The van der Waals surface area contributed by atoms with Crippen molar-refractivity contribution in [2.24, 2.45) is 11.8 Å². The lowest BCUT2D eigenvalue weighted by atomic mass is 9.59. The first-order valence-electron chi connectivity index (χ1n) is 20.7. The molecule has 1 heterocycles. The van der Waals surface area contributed by atoms with Gasteiger partial charge in [-0.05, 0) is 153 Å². The number of rotatable bonds is 17. The number of carbonyl (C=O) groups is 2. The van der Waals surface area contributed by atoms with Gasteiger partial charge in [0.1, 0.15) is 23.1 Å². The molecule has 3 aromatic carbocycles. The second kappa shape index (κ2) is 17.9. The first-order chi connectivity index (χ1) is 27.6. The predicted octanol–water partition coefficient (Wildman–Crippen LogP) is 9.77. The molecule has 302 valence electrons. The van der Waals surface area contributed by atoms with Crippen LogP contribution in [0, 0.1) is 11.8 Å². The third kappa shape index (κ3) is 9.10. The Hall–Kier alpha value is -4.60. The van der Waals surface area contributed by atoms with Crippen LogP contribution in [-0.2, 0) is 27.8 Å². The van der Waals surface area contributed by atoms with E-state index in [0.717, 1.165) is 74.8 Å². The summed E-state index contributed by atoms with van der Waals surface area (Å²) in [5.41, 5.74) is 5.19. The Bertz CT molecular complexity index is 2020. The largest absolute Gasteiger partial charge is 0.494 e. The molecule has 1 spiro atoms. The van der Waals surface area contributed by atoms with Crippen molar-refractivity contribution < 1.29 is 29.3 Å². The van der Waals surface area contributed by atoms with Crippen molar-refractivity contribution in [2.75, 3.05) is 25.1 Å². The highest BCUT2D eigenvalue weighted by Crippen LogP contribution is 2.57. The maximum atomic E-state index is 13.0. The molecule has 0 amide bonds. The highest BCUT2D eigenvalue weighted by molar-refractivity contribution is 6.30. The third-order valence-corrected chi connectivity index (χ3v) is 13.1. The van der Waals surface area contributed by atoms with Crippen molar-refractivity contribution >= 4 is 29.2 Å². The fourth-order valence-corrected chi connectivity index (χ4v) is 10.0. The number of aromatic nitrogens is 1. The topological polar surface area (TPSA) is 130 Å². The van der Waals surface area contributed by atoms with Gasteiger partial charge in [0, 0.05) is 28.2 Å². The monoisotopic (exact) mass is 793 g/mol. The first-order valence-corrected chi connectivity index (χ1v) is 21.1. The maximum absolute atomic E-state index is 13.0. The molecule has 9 nitrogen and oxygen atoms in total. The molecular formula is C47H56ClN3O6. The van der Waals surface area contributed by atoms with Gasteiger partial charge < -0.3 is 30.3 Å². The van der Waals surface area contributed by atoms with Crippen molar-refractivity contribution in [3.05, 3.63) is 118 Å². The average molecular weight is 794 g/mol. The zero-order valence-corrected chi connectivity index (χ0v) is 33.9. The van der Waals surface area contributed by atoms with Gasteiger partial charge in [-0.2, -0.15) is 0 Å². The lowest BCUT2D eigenvalue weighted by Gasteiger charge is -2.47. The smallest absolute Gasteiger partial charge is 0.329 e. The number of anilines is 1. The van der Waals surface area contributed by atoms with Crippen LogP contribution in [0.5, 0.6) is 11.5 Å². The van der Waals surface area contributed by atoms with Gasteiger partial charge in [-0.1, -0.05) is 67.9 Å². The molecule has 0 unspecified atom stereocenters. The van der Waals surface area contributed by atoms with Crippen LogP contribution < -0.4 is 20.1 Å². The van der Waals surface area contributed by atoms with Crippen molar-refractivity contribution in [3.8, 4) is 11.5 Å². The number of hydrogen-bond acceptors (Lipinski definition) is 7. The standard InChI is InChI=1S/C47H56ClN3O6/c1-31(30-57-41-18-24-49-40-15-8-10-32(2)42(40)41)26-35-27-34-16-17-38(56-25-7-6-23-50-43(44(52)53)33-11-4-3-5-12-33)29-39(34)46(35)19-21-47(22-20-46,45(54)55)51-37-14-9-13-36(48)28-37/h3-5,9,11-14,16-18,24,28-29,31-32,35,43,50-51H,6-8,10,15,19-23,25-27,30H2,1-2H3,(H,52,53)(H,54,55)/t31-,32-,35+,43-,46?,47?/m1/s1. The molecule has 0 radical (unpaired) electrons. The summed E-state index contributed by atoms with van der Waals surface area (Å²) in [6, 6.07) is 24.3. The molecule has 1 aromatic heterocycles.